The Morgan fingerprint density at radius 2 is 2.00 bits per heavy atom. The monoisotopic (exact) mass is 169 g/mol. The fraction of sp³-hybridized carbons (Fsp3) is 1.00. The molecule has 2 heteroatoms. The quantitative estimate of drug-likeness (QED) is 0.647. The van der Waals surface area contributed by atoms with Crippen LogP contribution in [-0.2, 0) is 0 Å². The summed E-state index contributed by atoms with van der Waals surface area (Å²) in [6, 6.07) is 0.791. The minimum atomic E-state index is 0.379. The topological polar surface area (TPSA) is 32.3 Å². The smallest absolute Gasteiger partial charge is 0.0474 e. The van der Waals surface area contributed by atoms with Gasteiger partial charge in [0.25, 0.3) is 0 Å². The normalized spacial score (nSPS) is 26.8. The molecule has 0 aromatic heterocycles. The number of rotatable bonds is 5. The second-order valence-electron chi connectivity index (χ2n) is 4.32. The molecule has 0 aliphatic heterocycles. The van der Waals surface area contributed by atoms with Crippen LogP contribution in [0.1, 0.15) is 32.1 Å². The van der Waals surface area contributed by atoms with Crippen LogP contribution in [0.15, 0.2) is 0 Å². The molecule has 12 heavy (non-hydrogen) atoms. The Labute approximate surface area is 74.4 Å². The highest BCUT2D eigenvalue weighted by Crippen LogP contribution is 2.33. The van der Waals surface area contributed by atoms with Gasteiger partial charge >= 0.3 is 0 Å². The molecule has 0 saturated heterocycles. The van der Waals surface area contributed by atoms with Crippen molar-refractivity contribution in [1.29, 1.82) is 0 Å². The van der Waals surface area contributed by atoms with Gasteiger partial charge in [-0.1, -0.05) is 19.3 Å². The lowest BCUT2D eigenvalue weighted by Crippen LogP contribution is -2.34. The van der Waals surface area contributed by atoms with Crippen LogP contribution in [0.4, 0.5) is 0 Å². The van der Waals surface area contributed by atoms with Gasteiger partial charge in [0.2, 0.25) is 0 Å². The lowest BCUT2D eigenvalue weighted by molar-refractivity contribution is 0.122. The first-order valence-electron chi connectivity index (χ1n) is 5.24. The molecule has 0 aromatic rings. The molecule has 0 radical (unpaired) electrons. The van der Waals surface area contributed by atoms with Crippen LogP contribution < -0.4 is 5.32 Å². The van der Waals surface area contributed by atoms with E-state index in [0.29, 0.717) is 12.5 Å². The lowest BCUT2D eigenvalue weighted by Gasteiger charge is -2.32. The molecule has 0 aromatic carbocycles. The summed E-state index contributed by atoms with van der Waals surface area (Å²) in [5, 5.41) is 12.7. The maximum absolute atomic E-state index is 9.15. The summed E-state index contributed by atoms with van der Waals surface area (Å²) < 4.78 is 0. The molecule has 0 bridgehead atoms. The molecule has 1 unspecified atom stereocenters. The van der Waals surface area contributed by atoms with Crippen molar-refractivity contribution in [3.8, 4) is 0 Å². The van der Waals surface area contributed by atoms with Crippen molar-refractivity contribution < 1.29 is 5.11 Å². The summed E-state index contributed by atoms with van der Waals surface area (Å²) in [5.41, 5.74) is 0. The van der Waals surface area contributed by atoms with E-state index < -0.39 is 0 Å². The Bertz CT molecular complexity index is 141. The first-order valence-corrected chi connectivity index (χ1v) is 5.24. The lowest BCUT2D eigenvalue weighted by atomic mass is 9.76. The molecule has 0 amide bonds. The summed E-state index contributed by atoms with van der Waals surface area (Å²) in [6.07, 6.45) is 6.77. The molecule has 0 spiro atoms. The van der Waals surface area contributed by atoms with Crippen molar-refractivity contribution in [3.05, 3.63) is 0 Å². The zero-order valence-electron chi connectivity index (χ0n) is 7.63. The highest BCUT2D eigenvalue weighted by Gasteiger charge is 2.28. The third kappa shape index (κ3) is 1.99. The largest absolute Gasteiger partial charge is 0.396 e. The van der Waals surface area contributed by atoms with Crippen LogP contribution in [0, 0.1) is 11.8 Å². The predicted molar refractivity (Wildman–Crippen MR) is 48.9 cm³/mol. The summed E-state index contributed by atoms with van der Waals surface area (Å²) >= 11 is 0. The number of aliphatic hydroxyl groups is 1. The fourth-order valence-electron chi connectivity index (χ4n) is 1.90. The standard InChI is InChI=1S/C10H19NO/c12-7-9(8-2-1-3-8)6-11-10-4-5-10/h8-12H,1-7H2. The maximum atomic E-state index is 9.15. The van der Waals surface area contributed by atoms with Crippen LogP contribution in [0.2, 0.25) is 0 Å². The van der Waals surface area contributed by atoms with Crippen LogP contribution in [-0.4, -0.2) is 24.3 Å². The van der Waals surface area contributed by atoms with Crippen LogP contribution in [0.5, 0.6) is 0 Å². The minimum Gasteiger partial charge on any atom is -0.396 e. The molecule has 0 heterocycles. The summed E-state index contributed by atoms with van der Waals surface area (Å²) in [7, 11) is 0. The number of hydrogen-bond donors (Lipinski definition) is 2. The molecule has 2 fully saturated rings. The van der Waals surface area contributed by atoms with Gasteiger partial charge in [-0.3, -0.25) is 0 Å². The van der Waals surface area contributed by atoms with E-state index in [-0.39, 0.29) is 0 Å². The van der Waals surface area contributed by atoms with Gasteiger partial charge in [0.15, 0.2) is 0 Å². The molecule has 2 nitrogen and oxygen atoms in total. The van der Waals surface area contributed by atoms with Gasteiger partial charge in [-0.25, -0.2) is 0 Å². The molecule has 2 saturated carbocycles. The Morgan fingerprint density at radius 3 is 2.42 bits per heavy atom. The molecular formula is C10H19NO. The Balaban J connectivity index is 1.65. The van der Waals surface area contributed by atoms with Crippen LogP contribution in [0.25, 0.3) is 0 Å². The van der Waals surface area contributed by atoms with Gasteiger partial charge in [0.05, 0.1) is 0 Å². The van der Waals surface area contributed by atoms with Gasteiger partial charge in [-0.15, -0.1) is 0 Å². The van der Waals surface area contributed by atoms with Gasteiger partial charge in [0, 0.05) is 19.2 Å². The van der Waals surface area contributed by atoms with E-state index >= 15 is 0 Å². The SMILES string of the molecule is OCC(CNC1CC1)C1CCC1. The highest BCUT2D eigenvalue weighted by molar-refractivity contribution is 4.84. The second-order valence-corrected chi connectivity index (χ2v) is 4.32. The molecule has 2 aliphatic carbocycles. The van der Waals surface area contributed by atoms with E-state index in [1.807, 2.05) is 0 Å². The zero-order chi connectivity index (χ0) is 8.39. The predicted octanol–water partition coefficient (Wildman–Crippen LogP) is 1.15. The van der Waals surface area contributed by atoms with Gasteiger partial charge < -0.3 is 10.4 Å². The Morgan fingerprint density at radius 1 is 1.25 bits per heavy atom. The molecule has 70 valence electrons. The number of aliphatic hydroxyl groups excluding tert-OH is 1. The Kier molecular flexibility index (Phi) is 2.66. The van der Waals surface area contributed by atoms with E-state index in [1.165, 1.54) is 32.1 Å². The van der Waals surface area contributed by atoms with Gasteiger partial charge in [0.1, 0.15) is 0 Å². The van der Waals surface area contributed by atoms with Crippen molar-refractivity contribution in [3.63, 3.8) is 0 Å². The first kappa shape index (κ1) is 8.52. The van der Waals surface area contributed by atoms with E-state index in [1.54, 1.807) is 0 Å². The summed E-state index contributed by atoms with van der Waals surface area (Å²) in [4.78, 5) is 0. The average Bonchev–Trinajstić information content (AvgIpc) is 2.76. The average molecular weight is 169 g/mol. The molecule has 2 N–H and O–H groups in total. The highest BCUT2D eigenvalue weighted by atomic mass is 16.3. The maximum Gasteiger partial charge on any atom is 0.0474 e. The van der Waals surface area contributed by atoms with E-state index in [2.05, 4.69) is 5.32 Å². The van der Waals surface area contributed by atoms with Crippen LogP contribution >= 0.6 is 0 Å². The molecule has 2 aliphatic rings. The van der Waals surface area contributed by atoms with Crippen molar-refractivity contribution in [1.82, 2.24) is 5.32 Å². The molecular weight excluding hydrogens is 150 g/mol. The van der Waals surface area contributed by atoms with Gasteiger partial charge in [-0.05, 0) is 24.7 Å². The third-order valence-corrected chi connectivity index (χ3v) is 3.30. The number of nitrogens with one attached hydrogen (secondary N) is 1. The van der Waals surface area contributed by atoms with Crippen molar-refractivity contribution in [2.75, 3.05) is 13.2 Å². The summed E-state index contributed by atoms with van der Waals surface area (Å²) in [6.45, 7) is 1.43. The minimum absolute atomic E-state index is 0.379. The van der Waals surface area contributed by atoms with Gasteiger partial charge in [-0.2, -0.15) is 0 Å². The fourth-order valence-corrected chi connectivity index (χ4v) is 1.90. The first-order chi connectivity index (χ1) is 5.90. The third-order valence-electron chi connectivity index (χ3n) is 3.30. The van der Waals surface area contributed by atoms with E-state index in [0.717, 1.165) is 18.5 Å². The van der Waals surface area contributed by atoms with Crippen molar-refractivity contribution >= 4 is 0 Å². The van der Waals surface area contributed by atoms with Crippen molar-refractivity contribution in [2.45, 2.75) is 38.1 Å². The zero-order valence-corrected chi connectivity index (χ0v) is 7.63. The Hall–Kier alpha value is -0.0800. The number of hydrogen-bond acceptors (Lipinski definition) is 2. The second kappa shape index (κ2) is 3.75. The van der Waals surface area contributed by atoms with Crippen molar-refractivity contribution in [2.24, 2.45) is 11.8 Å². The van der Waals surface area contributed by atoms with Crippen LogP contribution in [0.3, 0.4) is 0 Å². The van der Waals surface area contributed by atoms with E-state index in [9.17, 15) is 0 Å². The van der Waals surface area contributed by atoms with E-state index in [4.69, 9.17) is 5.11 Å². The molecule has 2 rings (SSSR count). The molecule has 1 atom stereocenters. The summed E-state index contributed by atoms with van der Waals surface area (Å²) in [5.74, 6) is 1.36.